The van der Waals surface area contributed by atoms with E-state index in [2.05, 4.69) is 4.98 Å². The largest absolute Gasteiger partial charge is 0.461 e. The topological polar surface area (TPSA) is 79.5 Å². The molecular formula is C26H32N2O4S. The molecule has 0 aliphatic heterocycles. The quantitative estimate of drug-likeness (QED) is 0.455. The average molecular weight is 469 g/mol. The average Bonchev–Trinajstić information content (AvgIpc) is 3.07. The summed E-state index contributed by atoms with van der Waals surface area (Å²) in [5.74, 6) is -0.433. The van der Waals surface area contributed by atoms with Crippen molar-refractivity contribution in [1.82, 2.24) is 9.29 Å². The number of esters is 1. The molecule has 0 unspecified atom stereocenters. The van der Waals surface area contributed by atoms with Crippen molar-refractivity contribution in [1.29, 1.82) is 0 Å². The number of H-pyrrole nitrogens is 1. The zero-order valence-corrected chi connectivity index (χ0v) is 20.8. The van der Waals surface area contributed by atoms with Gasteiger partial charge in [-0.2, -0.15) is 4.31 Å². The molecule has 7 heteroatoms. The molecule has 33 heavy (non-hydrogen) atoms. The predicted octanol–water partition coefficient (Wildman–Crippen LogP) is 4.86. The number of rotatable bonds is 9. The van der Waals surface area contributed by atoms with Gasteiger partial charge in [-0.25, -0.2) is 13.2 Å². The lowest BCUT2D eigenvalue weighted by Gasteiger charge is -2.23. The molecule has 0 amide bonds. The molecule has 0 bridgehead atoms. The van der Waals surface area contributed by atoms with E-state index >= 15 is 0 Å². The van der Waals surface area contributed by atoms with Gasteiger partial charge in [0, 0.05) is 18.8 Å². The van der Waals surface area contributed by atoms with Gasteiger partial charge in [-0.3, -0.25) is 0 Å². The number of nitrogens with one attached hydrogen (secondary N) is 1. The smallest absolute Gasteiger partial charge is 0.355 e. The molecule has 1 heterocycles. The molecule has 1 N–H and O–H groups in total. The molecule has 1 aromatic heterocycles. The first kappa shape index (κ1) is 24.7. The van der Waals surface area contributed by atoms with Gasteiger partial charge < -0.3 is 9.72 Å². The summed E-state index contributed by atoms with van der Waals surface area (Å²) in [5.41, 5.74) is 5.67. The second-order valence-corrected chi connectivity index (χ2v) is 10.2. The van der Waals surface area contributed by atoms with Crippen LogP contribution in [0.5, 0.6) is 0 Å². The second kappa shape index (κ2) is 10.4. The van der Waals surface area contributed by atoms with Gasteiger partial charge in [0.25, 0.3) is 0 Å². The minimum absolute atomic E-state index is 0.162. The van der Waals surface area contributed by atoms with Crippen molar-refractivity contribution in [3.63, 3.8) is 0 Å². The molecule has 3 rings (SSSR count). The van der Waals surface area contributed by atoms with E-state index in [1.807, 2.05) is 64.1 Å². The van der Waals surface area contributed by atoms with E-state index in [9.17, 15) is 13.2 Å². The summed E-state index contributed by atoms with van der Waals surface area (Å²) in [6.07, 6.45) is 0.582. The molecule has 0 atom stereocenters. The van der Waals surface area contributed by atoms with Crippen molar-refractivity contribution in [3.8, 4) is 0 Å². The summed E-state index contributed by atoms with van der Waals surface area (Å²) in [6.45, 7) is 10.1. The summed E-state index contributed by atoms with van der Waals surface area (Å²) in [7, 11) is -3.76. The lowest BCUT2D eigenvalue weighted by Crippen LogP contribution is -2.33. The number of aryl methyl sites for hydroxylation is 3. The van der Waals surface area contributed by atoms with E-state index in [-0.39, 0.29) is 18.0 Å². The van der Waals surface area contributed by atoms with Gasteiger partial charge in [-0.05, 0) is 81.0 Å². The Morgan fingerprint density at radius 2 is 1.70 bits per heavy atom. The van der Waals surface area contributed by atoms with Crippen molar-refractivity contribution in [2.75, 3.05) is 13.2 Å². The second-order valence-electron chi connectivity index (χ2n) is 8.27. The van der Waals surface area contributed by atoms with Crippen molar-refractivity contribution in [3.05, 3.63) is 87.7 Å². The molecule has 3 aromatic rings. The third-order valence-electron chi connectivity index (χ3n) is 6.02. The lowest BCUT2D eigenvalue weighted by atomic mass is 10.1. The minimum Gasteiger partial charge on any atom is -0.461 e. The maximum atomic E-state index is 13.7. The molecule has 0 saturated heterocycles. The van der Waals surface area contributed by atoms with Crippen molar-refractivity contribution >= 4 is 16.0 Å². The van der Waals surface area contributed by atoms with Crippen molar-refractivity contribution in [2.45, 2.75) is 52.5 Å². The summed E-state index contributed by atoms with van der Waals surface area (Å²) < 4.78 is 34.1. The molecule has 0 aliphatic rings. The van der Waals surface area contributed by atoms with Crippen LogP contribution in [0.3, 0.4) is 0 Å². The fraction of sp³-hybridized carbons (Fsp3) is 0.346. The maximum absolute atomic E-state index is 13.7. The highest BCUT2D eigenvalue weighted by Crippen LogP contribution is 2.26. The van der Waals surface area contributed by atoms with E-state index < -0.39 is 16.0 Å². The van der Waals surface area contributed by atoms with E-state index in [4.69, 9.17) is 4.74 Å². The van der Waals surface area contributed by atoms with Gasteiger partial charge in [0.1, 0.15) is 5.69 Å². The summed E-state index contributed by atoms with van der Waals surface area (Å²) >= 11 is 0. The number of hydrogen-bond acceptors (Lipinski definition) is 4. The van der Waals surface area contributed by atoms with E-state index in [0.717, 1.165) is 27.9 Å². The highest BCUT2D eigenvalue weighted by molar-refractivity contribution is 7.89. The van der Waals surface area contributed by atoms with E-state index in [0.29, 0.717) is 24.2 Å². The summed E-state index contributed by atoms with van der Waals surface area (Å²) in [5, 5.41) is 0. The fourth-order valence-electron chi connectivity index (χ4n) is 3.82. The number of aromatic nitrogens is 1. The van der Waals surface area contributed by atoms with Gasteiger partial charge in [0.15, 0.2) is 0 Å². The van der Waals surface area contributed by atoms with Crippen LogP contribution >= 0.6 is 0 Å². The molecule has 0 fully saturated rings. The first-order chi connectivity index (χ1) is 15.6. The Morgan fingerprint density at radius 1 is 1.00 bits per heavy atom. The van der Waals surface area contributed by atoms with Crippen LogP contribution in [-0.2, 0) is 27.7 Å². The van der Waals surface area contributed by atoms with Crippen LogP contribution in [0.4, 0.5) is 0 Å². The lowest BCUT2D eigenvalue weighted by molar-refractivity contribution is 0.0519. The van der Waals surface area contributed by atoms with E-state index in [1.165, 1.54) is 4.31 Å². The Bertz CT molecular complexity index is 1230. The van der Waals surface area contributed by atoms with E-state index in [1.54, 1.807) is 19.1 Å². The Kier molecular flexibility index (Phi) is 7.76. The Labute approximate surface area is 196 Å². The van der Waals surface area contributed by atoms with Crippen LogP contribution in [0.2, 0.25) is 0 Å². The van der Waals surface area contributed by atoms with Gasteiger partial charge in [-0.15, -0.1) is 0 Å². The number of ether oxygens (including phenoxy) is 1. The zero-order valence-electron chi connectivity index (χ0n) is 19.9. The van der Waals surface area contributed by atoms with Crippen molar-refractivity contribution < 1.29 is 17.9 Å². The number of nitrogens with zero attached hydrogens (tertiary/aromatic N) is 1. The molecule has 2 aromatic carbocycles. The number of sulfonamides is 1. The standard InChI is InChI=1S/C26H32N2O4S/c1-6-32-26(29)25-20(4)24(21(5)27-25)17-28(15-14-22-10-8-7-9-11-22)33(30,31)23-13-12-18(2)19(3)16-23/h7-13,16,27H,6,14-15,17H2,1-5H3. The Hall–Kier alpha value is -2.90. The normalized spacial score (nSPS) is 11.7. The Morgan fingerprint density at radius 3 is 2.33 bits per heavy atom. The highest BCUT2D eigenvalue weighted by atomic mass is 32.2. The van der Waals surface area contributed by atoms with Gasteiger partial charge >= 0.3 is 5.97 Å². The maximum Gasteiger partial charge on any atom is 0.355 e. The van der Waals surface area contributed by atoms with Gasteiger partial charge in [0.05, 0.1) is 11.5 Å². The molecular weight excluding hydrogens is 436 g/mol. The number of hydrogen-bond donors (Lipinski definition) is 1. The van der Waals surface area contributed by atoms with Crippen LogP contribution < -0.4 is 0 Å². The highest BCUT2D eigenvalue weighted by Gasteiger charge is 2.28. The Balaban J connectivity index is 1.99. The molecule has 0 spiro atoms. The monoisotopic (exact) mass is 468 g/mol. The first-order valence-corrected chi connectivity index (χ1v) is 12.6. The number of aromatic amines is 1. The summed E-state index contributed by atoms with van der Waals surface area (Å²) in [4.78, 5) is 15.7. The summed E-state index contributed by atoms with van der Waals surface area (Å²) in [6, 6.07) is 15.0. The van der Waals surface area contributed by atoms with Crippen LogP contribution in [0, 0.1) is 27.7 Å². The number of carbonyl (C=O) groups excluding carboxylic acids is 1. The SMILES string of the molecule is CCOC(=O)c1[nH]c(C)c(CN(CCc2ccccc2)S(=O)(=O)c2ccc(C)c(C)c2)c1C. The number of carbonyl (C=O) groups is 1. The van der Waals surface area contributed by atoms with Crippen LogP contribution in [0.25, 0.3) is 0 Å². The fourth-order valence-corrected chi connectivity index (χ4v) is 5.31. The molecule has 0 radical (unpaired) electrons. The molecule has 0 aliphatic carbocycles. The van der Waals surface area contributed by atoms with Crippen LogP contribution in [0.1, 0.15) is 50.9 Å². The zero-order chi connectivity index (χ0) is 24.2. The predicted molar refractivity (Wildman–Crippen MR) is 130 cm³/mol. The third-order valence-corrected chi connectivity index (χ3v) is 7.86. The molecule has 0 saturated carbocycles. The van der Waals surface area contributed by atoms with Gasteiger partial charge in [0.2, 0.25) is 10.0 Å². The van der Waals surface area contributed by atoms with Crippen LogP contribution in [-0.4, -0.2) is 36.8 Å². The van der Waals surface area contributed by atoms with Gasteiger partial charge in [-0.1, -0.05) is 36.4 Å². The van der Waals surface area contributed by atoms with Crippen LogP contribution in [0.15, 0.2) is 53.4 Å². The van der Waals surface area contributed by atoms with Crippen molar-refractivity contribution in [2.24, 2.45) is 0 Å². The third kappa shape index (κ3) is 5.54. The molecule has 6 nitrogen and oxygen atoms in total. The minimum atomic E-state index is -3.76. The molecule has 176 valence electrons. The number of benzene rings is 2. The first-order valence-electron chi connectivity index (χ1n) is 11.1.